The third-order valence-electron chi connectivity index (χ3n) is 3.65. The van der Waals surface area contributed by atoms with Crippen LogP contribution in [-0.2, 0) is 0 Å². The lowest BCUT2D eigenvalue weighted by Gasteiger charge is -2.26. The maximum absolute atomic E-state index is 12.2. The third kappa shape index (κ3) is 1.33. The topological polar surface area (TPSA) is 73.9 Å². The molecule has 2 saturated heterocycles. The second kappa shape index (κ2) is 3.55. The highest BCUT2D eigenvalue weighted by Gasteiger charge is 2.44. The Hall–Kier alpha value is -1.43. The largest absolute Gasteiger partial charge is 0.330 e. The molecule has 6 heteroatoms. The van der Waals surface area contributed by atoms with Gasteiger partial charge in [-0.3, -0.25) is 4.79 Å². The van der Waals surface area contributed by atoms with Gasteiger partial charge in [0.15, 0.2) is 5.69 Å². The molecule has 86 valence electrons. The Kier molecular flexibility index (Phi) is 2.17. The van der Waals surface area contributed by atoms with Crippen LogP contribution in [-0.4, -0.2) is 51.4 Å². The number of rotatable bonds is 1. The van der Waals surface area contributed by atoms with E-state index in [-0.39, 0.29) is 5.91 Å². The zero-order chi connectivity index (χ0) is 11.1. The number of amides is 1. The summed E-state index contributed by atoms with van der Waals surface area (Å²) >= 11 is 0. The van der Waals surface area contributed by atoms with Gasteiger partial charge >= 0.3 is 0 Å². The van der Waals surface area contributed by atoms with Crippen molar-refractivity contribution < 1.29 is 4.79 Å². The SMILES string of the molecule is CC1CC2CNCC2N1C(=O)c1cn[nH]n1. The molecule has 2 aliphatic heterocycles. The Labute approximate surface area is 93.4 Å². The average Bonchev–Trinajstić information content (AvgIpc) is 2.89. The fraction of sp³-hybridized carbons (Fsp3) is 0.700. The van der Waals surface area contributed by atoms with Gasteiger partial charge in [0.25, 0.3) is 5.91 Å². The highest BCUT2D eigenvalue weighted by molar-refractivity contribution is 5.92. The first kappa shape index (κ1) is 9.77. The van der Waals surface area contributed by atoms with E-state index in [1.54, 1.807) is 0 Å². The van der Waals surface area contributed by atoms with Crippen molar-refractivity contribution in [2.45, 2.75) is 25.4 Å². The van der Waals surface area contributed by atoms with E-state index in [0.29, 0.717) is 23.7 Å². The van der Waals surface area contributed by atoms with Crippen molar-refractivity contribution in [2.75, 3.05) is 13.1 Å². The highest BCUT2D eigenvalue weighted by atomic mass is 16.2. The molecule has 2 fully saturated rings. The third-order valence-corrected chi connectivity index (χ3v) is 3.65. The number of H-pyrrole nitrogens is 1. The van der Waals surface area contributed by atoms with Crippen molar-refractivity contribution >= 4 is 5.91 Å². The molecule has 2 aliphatic rings. The van der Waals surface area contributed by atoms with Gasteiger partial charge in [-0.25, -0.2) is 0 Å². The lowest BCUT2D eigenvalue weighted by Crippen LogP contribution is -2.42. The number of fused-ring (bicyclic) bond motifs is 1. The van der Waals surface area contributed by atoms with Crippen LogP contribution in [0.1, 0.15) is 23.8 Å². The Morgan fingerprint density at radius 3 is 3.19 bits per heavy atom. The Balaban J connectivity index is 1.86. The lowest BCUT2D eigenvalue weighted by atomic mass is 10.0. The van der Waals surface area contributed by atoms with Gasteiger partial charge < -0.3 is 10.2 Å². The molecule has 3 atom stereocenters. The molecule has 6 nitrogen and oxygen atoms in total. The number of carbonyl (C=O) groups is 1. The van der Waals surface area contributed by atoms with Crippen LogP contribution >= 0.6 is 0 Å². The molecule has 16 heavy (non-hydrogen) atoms. The van der Waals surface area contributed by atoms with E-state index in [2.05, 4.69) is 27.7 Å². The predicted molar refractivity (Wildman–Crippen MR) is 56.8 cm³/mol. The van der Waals surface area contributed by atoms with Gasteiger partial charge in [-0.1, -0.05) is 0 Å². The van der Waals surface area contributed by atoms with E-state index in [4.69, 9.17) is 0 Å². The minimum absolute atomic E-state index is 0.00236. The Morgan fingerprint density at radius 1 is 1.56 bits per heavy atom. The van der Waals surface area contributed by atoms with Gasteiger partial charge in [-0.15, -0.1) is 0 Å². The van der Waals surface area contributed by atoms with Crippen LogP contribution in [0.3, 0.4) is 0 Å². The van der Waals surface area contributed by atoms with Crippen molar-refractivity contribution in [1.82, 2.24) is 25.6 Å². The van der Waals surface area contributed by atoms with Gasteiger partial charge in [0.1, 0.15) is 0 Å². The monoisotopic (exact) mass is 221 g/mol. The molecule has 0 aliphatic carbocycles. The summed E-state index contributed by atoms with van der Waals surface area (Å²) in [6, 6.07) is 0.639. The van der Waals surface area contributed by atoms with Crippen LogP contribution in [0.4, 0.5) is 0 Å². The van der Waals surface area contributed by atoms with E-state index in [1.165, 1.54) is 6.20 Å². The summed E-state index contributed by atoms with van der Waals surface area (Å²) in [6.45, 7) is 4.03. The van der Waals surface area contributed by atoms with Gasteiger partial charge in [0.05, 0.1) is 6.20 Å². The minimum atomic E-state index is -0.00236. The smallest absolute Gasteiger partial charge is 0.276 e. The molecule has 1 aromatic rings. The number of nitrogens with one attached hydrogen (secondary N) is 2. The van der Waals surface area contributed by atoms with Crippen LogP contribution in [0.5, 0.6) is 0 Å². The molecule has 0 aromatic carbocycles. The number of aromatic amines is 1. The first-order valence-corrected chi connectivity index (χ1v) is 5.66. The molecule has 3 heterocycles. The molecule has 2 N–H and O–H groups in total. The van der Waals surface area contributed by atoms with Crippen molar-refractivity contribution in [2.24, 2.45) is 5.92 Å². The van der Waals surface area contributed by atoms with Crippen molar-refractivity contribution in [3.63, 3.8) is 0 Å². The number of likely N-dealkylation sites (tertiary alicyclic amines) is 1. The first-order chi connectivity index (χ1) is 7.77. The summed E-state index contributed by atoms with van der Waals surface area (Å²) in [4.78, 5) is 14.2. The molecule has 0 bridgehead atoms. The Morgan fingerprint density at radius 2 is 2.44 bits per heavy atom. The second-order valence-electron chi connectivity index (χ2n) is 4.64. The van der Waals surface area contributed by atoms with Crippen molar-refractivity contribution in [1.29, 1.82) is 0 Å². The van der Waals surface area contributed by atoms with E-state index in [1.807, 2.05) is 4.90 Å². The quantitative estimate of drug-likeness (QED) is 0.678. The van der Waals surface area contributed by atoms with Crippen LogP contribution in [0.15, 0.2) is 6.20 Å². The zero-order valence-electron chi connectivity index (χ0n) is 9.18. The van der Waals surface area contributed by atoms with Gasteiger partial charge in [0.2, 0.25) is 0 Å². The van der Waals surface area contributed by atoms with E-state index in [0.717, 1.165) is 19.5 Å². The maximum Gasteiger partial charge on any atom is 0.276 e. The minimum Gasteiger partial charge on any atom is -0.330 e. The van der Waals surface area contributed by atoms with Gasteiger partial charge in [0, 0.05) is 25.2 Å². The molecule has 0 spiro atoms. The Bertz CT molecular complexity index is 390. The van der Waals surface area contributed by atoms with Gasteiger partial charge in [-0.05, 0) is 19.3 Å². The summed E-state index contributed by atoms with van der Waals surface area (Å²) in [5.41, 5.74) is 0.416. The van der Waals surface area contributed by atoms with E-state index >= 15 is 0 Å². The summed E-state index contributed by atoms with van der Waals surface area (Å²) in [6.07, 6.45) is 2.58. The number of aromatic nitrogens is 3. The van der Waals surface area contributed by atoms with Crippen LogP contribution in [0.25, 0.3) is 0 Å². The lowest BCUT2D eigenvalue weighted by molar-refractivity contribution is 0.0676. The van der Waals surface area contributed by atoms with Crippen molar-refractivity contribution in [3.05, 3.63) is 11.9 Å². The first-order valence-electron chi connectivity index (χ1n) is 5.66. The molecule has 3 rings (SSSR count). The number of hydrogen-bond acceptors (Lipinski definition) is 4. The summed E-state index contributed by atoms with van der Waals surface area (Å²) in [7, 11) is 0. The van der Waals surface area contributed by atoms with Crippen molar-refractivity contribution in [3.8, 4) is 0 Å². The summed E-state index contributed by atoms with van der Waals surface area (Å²) in [5, 5.41) is 13.4. The second-order valence-corrected chi connectivity index (χ2v) is 4.64. The fourth-order valence-electron chi connectivity index (χ4n) is 2.95. The predicted octanol–water partition coefficient (Wildman–Crippen LogP) is -0.373. The molecule has 3 unspecified atom stereocenters. The normalized spacial score (nSPS) is 33.1. The molecule has 0 saturated carbocycles. The molecule has 1 amide bonds. The average molecular weight is 221 g/mol. The summed E-state index contributed by atoms with van der Waals surface area (Å²) in [5.74, 6) is 0.600. The fourth-order valence-corrected chi connectivity index (χ4v) is 2.95. The zero-order valence-corrected chi connectivity index (χ0v) is 9.18. The van der Waals surface area contributed by atoms with Crippen LogP contribution in [0.2, 0.25) is 0 Å². The maximum atomic E-state index is 12.2. The summed E-state index contributed by atoms with van der Waals surface area (Å²) < 4.78 is 0. The van der Waals surface area contributed by atoms with Crippen LogP contribution in [0, 0.1) is 5.92 Å². The van der Waals surface area contributed by atoms with E-state index < -0.39 is 0 Å². The molecule has 1 aromatic heterocycles. The molecular formula is C10H15N5O. The molecule has 0 radical (unpaired) electrons. The van der Waals surface area contributed by atoms with E-state index in [9.17, 15) is 4.79 Å². The van der Waals surface area contributed by atoms with Gasteiger partial charge in [-0.2, -0.15) is 15.4 Å². The molecular weight excluding hydrogens is 206 g/mol. The number of carbonyl (C=O) groups excluding carboxylic acids is 1. The standard InChI is InChI=1S/C10H15N5O/c1-6-2-7-3-11-5-9(7)15(6)10(16)8-4-12-14-13-8/h4,6-7,9,11H,2-3,5H2,1H3,(H,12,13,14). The highest BCUT2D eigenvalue weighted by Crippen LogP contribution is 2.32. The van der Waals surface area contributed by atoms with Crippen LogP contribution < -0.4 is 5.32 Å². The number of nitrogens with zero attached hydrogens (tertiary/aromatic N) is 3. The number of hydrogen-bond donors (Lipinski definition) is 2.